The molecule has 4 atom stereocenters. The van der Waals surface area contributed by atoms with Crippen molar-refractivity contribution >= 4 is 22.7 Å². The van der Waals surface area contributed by atoms with E-state index in [2.05, 4.69) is 45.0 Å². The third-order valence-electron chi connectivity index (χ3n) is 8.34. The van der Waals surface area contributed by atoms with Gasteiger partial charge >= 0.3 is 6.09 Å². The van der Waals surface area contributed by atoms with Crippen molar-refractivity contribution < 1.29 is 27.8 Å². The van der Waals surface area contributed by atoms with E-state index in [0.29, 0.717) is 32.6 Å². The molecule has 2 aromatic carbocycles. The van der Waals surface area contributed by atoms with Crippen molar-refractivity contribution in [3.05, 3.63) is 71.8 Å². The fourth-order valence-corrected chi connectivity index (χ4v) is 6.47. The normalized spacial score (nSPS) is 22.5. The highest BCUT2D eigenvalue weighted by Gasteiger charge is 2.44. The highest BCUT2D eigenvalue weighted by Crippen LogP contribution is 2.41. The van der Waals surface area contributed by atoms with Gasteiger partial charge in [-0.25, -0.2) is 4.79 Å². The minimum Gasteiger partial charge on any atom is -0.772 e. The van der Waals surface area contributed by atoms with Crippen LogP contribution in [0.4, 0.5) is 4.79 Å². The van der Waals surface area contributed by atoms with Crippen molar-refractivity contribution in [3.63, 3.8) is 0 Å². The maximum Gasteiger partial charge on any atom is 0.410 e. The summed E-state index contributed by atoms with van der Waals surface area (Å²) in [5, 5.41) is 0. The lowest BCUT2D eigenvalue weighted by Crippen LogP contribution is -2.57. The minimum atomic E-state index is -2.07. The van der Waals surface area contributed by atoms with Crippen LogP contribution in [0.15, 0.2) is 60.7 Å². The Hall–Kier alpha value is -2.68. The SMILES string of the molecule is CC(C)(C)OC(=O)N1CCCC(C)(CCCS(=O)[O-])C1COC1CC=C(c2ccccc2OCc2ccccc2)CC1.CCC. The number of piperidine rings is 1. The zero-order chi connectivity index (χ0) is 32.9. The van der Waals surface area contributed by atoms with Gasteiger partial charge in [-0.3, -0.25) is 4.21 Å². The summed E-state index contributed by atoms with van der Waals surface area (Å²) in [6, 6.07) is 18.2. The minimum absolute atomic E-state index is 0.0481. The number of hydrogen-bond donors (Lipinski definition) is 0. The molecule has 0 bridgehead atoms. The molecule has 1 fully saturated rings. The molecule has 7 nitrogen and oxygen atoms in total. The number of hydrogen-bond acceptors (Lipinski definition) is 6. The van der Waals surface area contributed by atoms with Gasteiger partial charge in [0.15, 0.2) is 0 Å². The predicted octanol–water partition coefficient (Wildman–Crippen LogP) is 8.70. The van der Waals surface area contributed by atoms with Gasteiger partial charge < -0.3 is 23.7 Å². The van der Waals surface area contributed by atoms with Crippen molar-refractivity contribution in [1.82, 2.24) is 4.90 Å². The summed E-state index contributed by atoms with van der Waals surface area (Å²) in [4.78, 5) is 15.1. The molecule has 2 aromatic rings. The van der Waals surface area contributed by atoms with E-state index in [-0.39, 0.29) is 29.4 Å². The molecule has 8 heteroatoms. The summed E-state index contributed by atoms with van der Waals surface area (Å²) in [7, 11) is 0. The molecule has 1 heterocycles. The second kappa shape index (κ2) is 17.9. The van der Waals surface area contributed by atoms with Crippen molar-refractivity contribution in [2.45, 2.75) is 117 Å². The first-order valence-corrected chi connectivity index (χ1v) is 17.8. The molecule has 250 valence electrons. The lowest BCUT2D eigenvalue weighted by molar-refractivity contribution is -0.0673. The molecule has 1 aliphatic heterocycles. The average Bonchev–Trinajstić information content (AvgIpc) is 2.99. The zero-order valence-corrected chi connectivity index (χ0v) is 29.0. The molecule has 0 aromatic heterocycles. The van der Waals surface area contributed by atoms with E-state index in [1.165, 1.54) is 12.0 Å². The van der Waals surface area contributed by atoms with Crippen molar-refractivity contribution in [2.75, 3.05) is 18.9 Å². The van der Waals surface area contributed by atoms with Gasteiger partial charge in [-0.15, -0.1) is 0 Å². The number of carbonyl (C=O) groups excluding carboxylic acids is 1. The zero-order valence-electron chi connectivity index (χ0n) is 28.2. The number of amides is 1. The fourth-order valence-electron chi connectivity index (χ4n) is 6.09. The van der Waals surface area contributed by atoms with Gasteiger partial charge in [-0.05, 0) is 88.3 Å². The molecule has 2 aliphatic rings. The fraction of sp³-hybridized carbons (Fsp3) is 0.595. The van der Waals surface area contributed by atoms with E-state index in [1.54, 1.807) is 0 Å². The van der Waals surface area contributed by atoms with Crippen LogP contribution in [0.25, 0.3) is 5.57 Å². The van der Waals surface area contributed by atoms with Gasteiger partial charge in [0.2, 0.25) is 0 Å². The van der Waals surface area contributed by atoms with Crippen LogP contribution in [-0.2, 0) is 27.2 Å². The van der Waals surface area contributed by atoms with Crippen LogP contribution in [0, 0.1) is 5.41 Å². The van der Waals surface area contributed by atoms with Gasteiger partial charge in [0.25, 0.3) is 0 Å². The number of nitrogens with zero attached hydrogens (tertiary/aromatic N) is 1. The van der Waals surface area contributed by atoms with Gasteiger partial charge in [-0.2, -0.15) is 0 Å². The summed E-state index contributed by atoms with van der Waals surface area (Å²) in [6.07, 6.45) is 8.82. The number of carbonyl (C=O) groups is 1. The molecule has 0 N–H and O–H groups in total. The molecule has 0 saturated carbocycles. The quantitative estimate of drug-likeness (QED) is 0.228. The third-order valence-corrected chi connectivity index (χ3v) is 8.96. The summed E-state index contributed by atoms with van der Waals surface area (Å²) in [5.41, 5.74) is 2.68. The molecular weight excluding hydrogens is 586 g/mol. The number of benzene rings is 2. The standard InChI is InChI=1S/C34H47NO6S.C3H8/c1-33(2,3)41-32(36)35-22-10-20-34(4,21-11-23-42(37)38)31(35)25-39-28-18-16-27(17-19-28)29-14-8-9-15-30(29)40-24-26-12-6-5-7-13-26;1-3-2/h5-9,12-16,28,31H,10-11,17-25H2,1-4H3,(H,37,38);3H2,1-2H3/p-1. The maximum atomic E-state index is 13.2. The van der Waals surface area contributed by atoms with E-state index >= 15 is 0 Å². The maximum absolute atomic E-state index is 13.2. The van der Waals surface area contributed by atoms with Crippen molar-refractivity contribution in [2.24, 2.45) is 5.41 Å². The molecule has 4 rings (SSSR count). The van der Waals surface area contributed by atoms with E-state index in [1.807, 2.05) is 62.1 Å². The molecule has 0 radical (unpaired) electrons. The van der Waals surface area contributed by atoms with Crippen LogP contribution in [0.1, 0.15) is 104 Å². The van der Waals surface area contributed by atoms with Crippen LogP contribution >= 0.6 is 0 Å². The Labute approximate surface area is 274 Å². The molecule has 45 heavy (non-hydrogen) atoms. The Morgan fingerprint density at radius 3 is 2.42 bits per heavy atom. The number of likely N-dealkylation sites (tertiary alicyclic amines) is 1. The smallest absolute Gasteiger partial charge is 0.410 e. The highest BCUT2D eigenvalue weighted by molar-refractivity contribution is 7.79. The Morgan fingerprint density at radius 1 is 1.09 bits per heavy atom. The molecule has 1 saturated heterocycles. The number of ether oxygens (including phenoxy) is 3. The van der Waals surface area contributed by atoms with Gasteiger partial charge in [0.1, 0.15) is 18.0 Å². The summed E-state index contributed by atoms with van der Waals surface area (Å²) >= 11 is -2.07. The Kier molecular flexibility index (Phi) is 14.6. The number of para-hydroxylation sites is 1. The Balaban J connectivity index is 0.00000177. The Bertz CT molecular complexity index is 1240. The van der Waals surface area contributed by atoms with E-state index in [9.17, 15) is 13.6 Å². The van der Waals surface area contributed by atoms with E-state index in [0.717, 1.165) is 49.0 Å². The molecule has 1 aliphatic carbocycles. The number of allylic oxidation sites excluding steroid dienone is 1. The van der Waals surface area contributed by atoms with E-state index < -0.39 is 16.7 Å². The summed E-state index contributed by atoms with van der Waals surface area (Å²) < 4.78 is 40.9. The molecule has 0 spiro atoms. The van der Waals surface area contributed by atoms with Crippen LogP contribution in [0.5, 0.6) is 5.75 Å². The molecule has 4 unspecified atom stereocenters. The highest BCUT2D eigenvalue weighted by atomic mass is 32.2. The lowest BCUT2D eigenvalue weighted by atomic mass is 9.72. The van der Waals surface area contributed by atoms with E-state index in [4.69, 9.17) is 14.2 Å². The third kappa shape index (κ3) is 11.9. The Morgan fingerprint density at radius 2 is 1.78 bits per heavy atom. The molecule has 1 amide bonds. The van der Waals surface area contributed by atoms with Gasteiger partial charge in [-0.1, -0.05) is 92.9 Å². The largest absolute Gasteiger partial charge is 0.772 e. The van der Waals surface area contributed by atoms with Crippen LogP contribution in [-0.4, -0.2) is 56.4 Å². The van der Waals surface area contributed by atoms with Gasteiger partial charge in [0, 0.05) is 17.9 Å². The summed E-state index contributed by atoms with van der Waals surface area (Å²) in [6.45, 7) is 13.6. The summed E-state index contributed by atoms with van der Waals surface area (Å²) in [5.74, 6) is 1.01. The van der Waals surface area contributed by atoms with Crippen molar-refractivity contribution in [3.8, 4) is 5.75 Å². The van der Waals surface area contributed by atoms with Crippen LogP contribution in [0.2, 0.25) is 0 Å². The monoisotopic (exact) mass is 640 g/mol. The first-order valence-electron chi connectivity index (χ1n) is 16.6. The first kappa shape index (κ1) is 36.8. The van der Waals surface area contributed by atoms with Crippen LogP contribution in [0.3, 0.4) is 0 Å². The molecular formula is C37H54NO6S-. The first-order chi connectivity index (χ1) is 21.5. The second-order valence-corrected chi connectivity index (χ2v) is 14.5. The average molecular weight is 641 g/mol. The van der Waals surface area contributed by atoms with Crippen molar-refractivity contribution in [1.29, 1.82) is 0 Å². The van der Waals surface area contributed by atoms with Gasteiger partial charge in [0.05, 0.1) is 18.8 Å². The topological polar surface area (TPSA) is 88.1 Å². The predicted molar refractivity (Wildman–Crippen MR) is 182 cm³/mol. The lowest BCUT2D eigenvalue weighted by Gasteiger charge is -2.48. The second-order valence-electron chi connectivity index (χ2n) is 13.5. The number of rotatable bonds is 11. The van der Waals surface area contributed by atoms with Crippen LogP contribution < -0.4 is 4.74 Å².